The summed E-state index contributed by atoms with van der Waals surface area (Å²) < 4.78 is 0. The first-order valence-corrected chi connectivity index (χ1v) is 6.18. The molecular formula is C13H24O4. The third-order valence-corrected chi connectivity index (χ3v) is 2.08. The second kappa shape index (κ2) is 14.7. The number of carbonyl (C=O) groups is 2. The van der Waals surface area contributed by atoms with E-state index in [9.17, 15) is 9.59 Å². The third kappa shape index (κ3) is 25.2. The Labute approximate surface area is 103 Å². The van der Waals surface area contributed by atoms with Gasteiger partial charge in [0.15, 0.2) is 0 Å². The van der Waals surface area contributed by atoms with E-state index in [1.165, 1.54) is 44.9 Å². The first-order chi connectivity index (χ1) is 8.04. The molecule has 0 aromatic rings. The van der Waals surface area contributed by atoms with E-state index >= 15 is 0 Å². The van der Waals surface area contributed by atoms with Crippen molar-refractivity contribution in [1.82, 2.24) is 0 Å². The molecule has 4 heteroatoms. The Morgan fingerprint density at radius 1 is 0.765 bits per heavy atom. The van der Waals surface area contributed by atoms with Crippen LogP contribution in [0.25, 0.3) is 0 Å². The standard InChI is InChI=1S/C9H20.C4H4O4/c1-3-5-7-9-8-6-4-2;5-3(6)1-2-4(7)8/h3-9H2,1-2H3;1-2H,(H,5,6)(H,7,8). The molecule has 0 fully saturated rings. The highest BCUT2D eigenvalue weighted by atomic mass is 16.4. The van der Waals surface area contributed by atoms with E-state index in [1.807, 2.05) is 0 Å². The summed E-state index contributed by atoms with van der Waals surface area (Å²) in [5, 5.41) is 15.6. The van der Waals surface area contributed by atoms with E-state index in [1.54, 1.807) is 0 Å². The number of hydrogen-bond acceptors (Lipinski definition) is 2. The van der Waals surface area contributed by atoms with Gasteiger partial charge in [0.05, 0.1) is 0 Å². The highest BCUT2D eigenvalue weighted by molar-refractivity contribution is 5.89. The average molecular weight is 244 g/mol. The minimum atomic E-state index is -1.26. The van der Waals surface area contributed by atoms with Gasteiger partial charge >= 0.3 is 11.9 Å². The molecule has 17 heavy (non-hydrogen) atoms. The molecule has 0 aromatic carbocycles. The largest absolute Gasteiger partial charge is 0.478 e. The van der Waals surface area contributed by atoms with Gasteiger partial charge in [0.2, 0.25) is 0 Å². The predicted octanol–water partition coefficient (Wildman–Crippen LogP) is 3.47. The Morgan fingerprint density at radius 2 is 1.06 bits per heavy atom. The maximum absolute atomic E-state index is 9.55. The minimum Gasteiger partial charge on any atom is -0.478 e. The van der Waals surface area contributed by atoms with Crippen molar-refractivity contribution in [3.05, 3.63) is 12.2 Å². The van der Waals surface area contributed by atoms with Crippen LogP contribution < -0.4 is 0 Å². The molecule has 0 unspecified atom stereocenters. The zero-order valence-electron chi connectivity index (χ0n) is 10.8. The lowest BCUT2D eigenvalue weighted by molar-refractivity contribution is -0.134. The maximum atomic E-state index is 9.55. The van der Waals surface area contributed by atoms with Crippen molar-refractivity contribution in [3.63, 3.8) is 0 Å². The molecule has 0 amide bonds. The van der Waals surface area contributed by atoms with Crippen molar-refractivity contribution >= 4 is 11.9 Å². The fourth-order valence-electron chi connectivity index (χ4n) is 1.17. The summed E-state index contributed by atoms with van der Waals surface area (Å²) in [5.74, 6) is -2.51. The molecule has 0 saturated heterocycles. The molecule has 0 aliphatic heterocycles. The topological polar surface area (TPSA) is 74.6 Å². The van der Waals surface area contributed by atoms with Gasteiger partial charge in [0.1, 0.15) is 0 Å². The molecule has 0 bridgehead atoms. The van der Waals surface area contributed by atoms with Crippen LogP contribution in [0.5, 0.6) is 0 Å². The summed E-state index contributed by atoms with van der Waals surface area (Å²) in [6, 6.07) is 0. The van der Waals surface area contributed by atoms with E-state index < -0.39 is 11.9 Å². The summed E-state index contributed by atoms with van der Waals surface area (Å²) in [7, 11) is 0. The number of carboxylic acid groups (broad SMARTS) is 2. The Morgan fingerprint density at radius 3 is 1.29 bits per heavy atom. The van der Waals surface area contributed by atoms with Gasteiger partial charge < -0.3 is 10.2 Å². The lowest BCUT2D eigenvalue weighted by Crippen LogP contribution is -1.91. The summed E-state index contributed by atoms with van der Waals surface area (Å²) in [4.78, 5) is 19.1. The molecule has 0 saturated carbocycles. The molecule has 100 valence electrons. The molecule has 0 rings (SSSR count). The van der Waals surface area contributed by atoms with Gasteiger partial charge in [-0.25, -0.2) is 9.59 Å². The third-order valence-electron chi connectivity index (χ3n) is 2.08. The molecule has 0 spiro atoms. The van der Waals surface area contributed by atoms with Gasteiger partial charge in [0, 0.05) is 12.2 Å². The van der Waals surface area contributed by atoms with E-state index in [0.29, 0.717) is 12.2 Å². The monoisotopic (exact) mass is 244 g/mol. The maximum Gasteiger partial charge on any atom is 0.328 e. The normalized spacial score (nSPS) is 9.76. The lowest BCUT2D eigenvalue weighted by atomic mass is 10.1. The van der Waals surface area contributed by atoms with Crippen LogP contribution in [0.15, 0.2) is 12.2 Å². The highest BCUT2D eigenvalue weighted by Crippen LogP contribution is 2.05. The van der Waals surface area contributed by atoms with E-state index in [2.05, 4.69) is 13.8 Å². The zero-order chi connectivity index (χ0) is 13.5. The fourth-order valence-corrected chi connectivity index (χ4v) is 1.17. The first kappa shape index (κ1) is 18.1. The molecule has 0 aliphatic carbocycles. The summed E-state index contributed by atoms with van der Waals surface area (Å²) in [6.07, 6.45) is 11.1. The van der Waals surface area contributed by atoms with Gasteiger partial charge in [-0.3, -0.25) is 0 Å². The van der Waals surface area contributed by atoms with Gasteiger partial charge in [-0.2, -0.15) is 0 Å². The van der Waals surface area contributed by atoms with Crippen molar-refractivity contribution in [2.24, 2.45) is 0 Å². The number of aliphatic carboxylic acids is 2. The predicted molar refractivity (Wildman–Crippen MR) is 68.1 cm³/mol. The number of carboxylic acids is 2. The highest BCUT2D eigenvalue weighted by Gasteiger charge is 1.88. The Bertz CT molecular complexity index is 199. The molecule has 2 N–H and O–H groups in total. The summed E-state index contributed by atoms with van der Waals surface area (Å²) in [6.45, 7) is 4.53. The molecule has 4 nitrogen and oxygen atoms in total. The van der Waals surface area contributed by atoms with Crippen LogP contribution in [0, 0.1) is 0 Å². The molecule has 0 radical (unpaired) electrons. The van der Waals surface area contributed by atoms with Crippen LogP contribution in [-0.4, -0.2) is 22.2 Å². The Balaban J connectivity index is 0. The van der Waals surface area contributed by atoms with Crippen LogP contribution in [0.3, 0.4) is 0 Å². The smallest absolute Gasteiger partial charge is 0.328 e. The van der Waals surface area contributed by atoms with Crippen molar-refractivity contribution in [2.45, 2.75) is 58.8 Å². The number of unbranched alkanes of at least 4 members (excludes halogenated alkanes) is 6. The van der Waals surface area contributed by atoms with Crippen LogP contribution in [-0.2, 0) is 9.59 Å². The molecule has 0 aromatic heterocycles. The molecule has 0 heterocycles. The van der Waals surface area contributed by atoms with Gasteiger partial charge in [0.25, 0.3) is 0 Å². The first-order valence-electron chi connectivity index (χ1n) is 6.18. The average Bonchev–Trinajstić information content (AvgIpc) is 2.27. The van der Waals surface area contributed by atoms with Crippen LogP contribution in [0.4, 0.5) is 0 Å². The quantitative estimate of drug-likeness (QED) is 0.506. The van der Waals surface area contributed by atoms with Crippen molar-refractivity contribution in [3.8, 4) is 0 Å². The van der Waals surface area contributed by atoms with Gasteiger partial charge in [-0.05, 0) is 0 Å². The zero-order valence-corrected chi connectivity index (χ0v) is 10.8. The van der Waals surface area contributed by atoms with E-state index in [4.69, 9.17) is 10.2 Å². The van der Waals surface area contributed by atoms with Crippen molar-refractivity contribution in [1.29, 1.82) is 0 Å². The molecule has 0 aliphatic rings. The number of hydrogen-bond donors (Lipinski definition) is 2. The Kier molecular flexibility index (Phi) is 15.6. The van der Waals surface area contributed by atoms with Crippen molar-refractivity contribution in [2.75, 3.05) is 0 Å². The Hall–Kier alpha value is -1.32. The van der Waals surface area contributed by atoms with E-state index in [0.717, 1.165) is 0 Å². The van der Waals surface area contributed by atoms with Crippen LogP contribution >= 0.6 is 0 Å². The number of rotatable bonds is 8. The summed E-state index contributed by atoms with van der Waals surface area (Å²) in [5.41, 5.74) is 0. The van der Waals surface area contributed by atoms with Crippen molar-refractivity contribution < 1.29 is 19.8 Å². The van der Waals surface area contributed by atoms with Gasteiger partial charge in [-0.15, -0.1) is 0 Å². The fraction of sp³-hybridized carbons (Fsp3) is 0.692. The SMILES string of the molecule is CCCCCCCCC.O=C(O)C=CC(=O)O. The van der Waals surface area contributed by atoms with Crippen LogP contribution in [0.2, 0.25) is 0 Å². The second-order valence-corrected chi connectivity index (χ2v) is 3.78. The lowest BCUT2D eigenvalue weighted by Gasteiger charge is -1.96. The molecule has 0 atom stereocenters. The summed E-state index contributed by atoms with van der Waals surface area (Å²) >= 11 is 0. The van der Waals surface area contributed by atoms with E-state index in [-0.39, 0.29) is 0 Å². The second-order valence-electron chi connectivity index (χ2n) is 3.78. The minimum absolute atomic E-state index is 0.558. The van der Waals surface area contributed by atoms with Crippen LogP contribution in [0.1, 0.15) is 58.8 Å². The molecular weight excluding hydrogens is 220 g/mol. The van der Waals surface area contributed by atoms with Gasteiger partial charge in [-0.1, -0.05) is 58.8 Å².